The molecule has 0 aliphatic carbocycles. The zero-order chi connectivity index (χ0) is 20.7. The summed E-state index contributed by atoms with van der Waals surface area (Å²) in [5.41, 5.74) is 0.920. The number of methoxy groups -OCH3 is 1. The first kappa shape index (κ1) is 21.2. The number of carbonyl (C=O) groups is 1. The van der Waals surface area contributed by atoms with E-state index in [1.54, 1.807) is 32.9 Å². The maximum Gasteiger partial charge on any atom is 0.408 e. The van der Waals surface area contributed by atoms with Gasteiger partial charge in [-0.3, -0.25) is 0 Å². The van der Waals surface area contributed by atoms with E-state index in [9.17, 15) is 9.18 Å². The smallest absolute Gasteiger partial charge is 0.408 e. The van der Waals surface area contributed by atoms with Crippen LogP contribution in [-0.4, -0.2) is 24.7 Å². The fourth-order valence-corrected chi connectivity index (χ4v) is 2.45. The van der Waals surface area contributed by atoms with Gasteiger partial charge in [-0.25, -0.2) is 14.2 Å². The number of ether oxygens (including phenoxy) is 2. The average Bonchev–Trinajstić information content (AvgIpc) is 2.63. The van der Waals surface area contributed by atoms with Crippen LogP contribution in [0.4, 0.5) is 9.18 Å². The van der Waals surface area contributed by atoms with E-state index >= 15 is 0 Å². The Morgan fingerprint density at radius 2 is 1.82 bits per heavy atom. The van der Waals surface area contributed by atoms with Crippen LogP contribution in [0.1, 0.15) is 37.9 Å². The molecule has 0 aliphatic rings. The number of halogens is 1. The highest BCUT2D eigenvalue weighted by atomic mass is 19.1. The first-order valence-electron chi connectivity index (χ1n) is 8.81. The molecule has 0 aromatic heterocycles. The Balaban J connectivity index is 2.36. The number of amides is 1. The molecule has 2 aromatic carbocycles. The van der Waals surface area contributed by atoms with Crippen LogP contribution in [0.2, 0.25) is 0 Å². The van der Waals surface area contributed by atoms with E-state index in [1.165, 1.54) is 19.2 Å². The summed E-state index contributed by atoms with van der Waals surface area (Å²) in [4.78, 5) is 16.7. The Hall–Kier alpha value is -3.15. The van der Waals surface area contributed by atoms with Crippen LogP contribution in [0.3, 0.4) is 0 Å². The van der Waals surface area contributed by atoms with Crippen molar-refractivity contribution >= 4 is 17.7 Å². The number of hydrogen-bond donors (Lipinski definition) is 1. The van der Waals surface area contributed by atoms with Crippen molar-refractivity contribution in [3.8, 4) is 0 Å². The van der Waals surface area contributed by atoms with Gasteiger partial charge < -0.3 is 14.8 Å². The molecule has 0 spiro atoms. The molecule has 148 valence electrons. The third kappa shape index (κ3) is 6.23. The molecule has 2 aromatic rings. The van der Waals surface area contributed by atoms with E-state index < -0.39 is 17.7 Å². The molecule has 0 aliphatic heterocycles. The van der Waals surface area contributed by atoms with Crippen molar-refractivity contribution in [2.45, 2.75) is 32.4 Å². The Morgan fingerprint density at radius 1 is 1.14 bits per heavy atom. The van der Waals surface area contributed by atoms with Crippen molar-refractivity contribution in [1.29, 1.82) is 0 Å². The van der Waals surface area contributed by atoms with E-state index in [4.69, 9.17) is 9.47 Å². The Labute approximate surface area is 164 Å². The molecule has 5 nitrogen and oxygen atoms in total. The lowest BCUT2D eigenvalue weighted by atomic mass is 10.1. The molecule has 2 rings (SSSR count). The number of carbonyl (C=O) groups excluding carboxylic acids is 1. The van der Waals surface area contributed by atoms with Crippen LogP contribution in [0, 0.1) is 5.82 Å². The van der Waals surface area contributed by atoms with E-state index in [2.05, 4.69) is 16.9 Å². The molecule has 0 bridgehead atoms. The van der Waals surface area contributed by atoms with Crippen LogP contribution in [0.25, 0.3) is 5.70 Å². The topological polar surface area (TPSA) is 59.9 Å². The van der Waals surface area contributed by atoms with Gasteiger partial charge in [0.1, 0.15) is 17.5 Å². The molecule has 1 N–H and O–H groups in total. The van der Waals surface area contributed by atoms with Gasteiger partial charge in [0.2, 0.25) is 5.90 Å². The number of nitrogens with one attached hydrogen (secondary N) is 1. The van der Waals surface area contributed by atoms with Gasteiger partial charge in [-0.05, 0) is 38.5 Å². The van der Waals surface area contributed by atoms with Gasteiger partial charge in [-0.1, -0.05) is 49.0 Å². The Bertz CT molecular complexity index is 858. The lowest BCUT2D eigenvalue weighted by Crippen LogP contribution is -2.38. The van der Waals surface area contributed by atoms with Crippen LogP contribution < -0.4 is 5.32 Å². The molecule has 6 heteroatoms. The van der Waals surface area contributed by atoms with Crippen LogP contribution in [0.5, 0.6) is 0 Å². The summed E-state index contributed by atoms with van der Waals surface area (Å²) in [7, 11) is 1.45. The molecular weight excluding hydrogens is 359 g/mol. The summed E-state index contributed by atoms with van der Waals surface area (Å²) in [6.07, 6.45) is -0.609. The number of rotatable bonds is 5. The quantitative estimate of drug-likeness (QED) is 0.576. The molecule has 0 saturated heterocycles. The maximum atomic E-state index is 13.5. The fourth-order valence-electron chi connectivity index (χ4n) is 2.45. The van der Waals surface area contributed by atoms with E-state index in [-0.39, 0.29) is 11.7 Å². The lowest BCUT2D eigenvalue weighted by Gasteiger charge is -2.24. The largest absolute Gasteiger partial charge is 0.482 e. The molecule has 0 heterocycles. The molecule has 28 heavy (non-hydrogen) atoms. The summed E-state index contributed by atoms with van der Waals surface area (Å²) in [5.74, 6) is -0.189. The third-order valence-corrected chi connectivity index (χ3v) is 3.65. The SMILES string of the molecule is C=C(N=C(OC)C(NC(=O)OC(C)(C)C)c1ccccc1)c1cccc(F)c1. The summed E-state index contributed by atoms with van der Waals surface area (Å²) in [5, 5.41) is 2.78. The highest BCUT2D eigenvalue weighted by Gasteiger charge is 2.25. The van der Waals surface area contributed by atoms with Crippen LogP contribution in [-0.2, 0) is 9.47 Å². The third-order valence-electron chi connectivity index (χ3n) is 3.65. The highest BCUT2D eigenvalue weighted by molar-refractivity contribution is 5.90. The molecule has 0 saturated carbocycles. The van der Waals surface area contributed by atoms with Crippen molar-refractivity contribution in [2.24, 2.45) is 4.99 Å². The van der Waals surface area contributed by atoms with Crippen molar-refractivity contribution in [1.82, 2.24) is 5.32 Å². The summed E-state index contributed by atoms with van der Waals surface area (Å²) < 4.78 is 24.3. The lowest BCUT2D eigenvalue weighted by molar-refractivity contribution is 0.0513. The number of aliphatic imine (C=N–C) groups is 1. The number of benzene rings is 2. The number of hydrogen-bond acceptors (Lipinski definition) is 4. The minimum absolute atomic E-state index is 0.200. The monoisotopic (exact) mass is 384 g/mol. The predicted molar refractivity (Wildman–Crippen MR) is 108 cm³/mol. The second kappa shape index (κ2) is 9.17. The van der Waals surface area contributed by atoms with Crippen LogP contribution in [0.15, 0.2) is 66.2 Å². The van der Waals surface area contributed by atoms with Crippen molar-refractivity contribution < 1.29 is 18.7 Å². The van der Waals surface area contributed by atoms with E-state index in [0.717, 1.165) is 5.56 Å². The second-order valence-corrected chi connectivity index (χ2v) is 7.10. The van der Waals surface area contributed by atoms with Crippen molar-refractivity contribution in [3.05, 3.63) is 78.1 Å². The molecule has 1 amide bonds. The molecule has 1 unspecified atom stereocenters. The first-order valence-corrected chi connectivity index (χ1v) is 8.81. The molecule has 0 fully saturated rings. The first-order chi connectivity index (χ1) is 13.2. The molecular formula is C22H25FN2O3. The van der Waals surface area contributed by atoms with E-state index in [0.29, 0.717) is 11.3 Å². The normalized spacial score (nSPS) is 12.8. The summed E-state index contributed by atoms with van der Waals surface area (Å²) in [6, 6.07) is 14.5. The second-order valence-electron chi connectivity index (χ2n) is 7.10. The highest BCUT2D eigenvalue weighted by Crippen LogP contribution is 2.21. The minimum atomic E-state index is -0.702. The van der Waals surface area contributed by atoms with Gasteiger partial charge in [0.25, 0.3) is 0 Å². The van der Waals surface area contributed by atoms with Gasteiger partial charge >= 0.3 is 6.09 Å². The molecule has 1 atom stereocenters. The Morgan fingerprint density at radius 3 is 2.39 bits per heavy atom. The molecule has 0 radical (unpaired) electrons. The standard InChI is InChI=1S/C22H25FN2O3/c1-15(17-12-9-13-18(23)14-17)24-20(27-5)19(16-10-7-6-8-11-16)25-21(26)28-22(2,3)4/h6-14,19H,1H2,2-5H3,(H,25,26). The van der Waals surface area contributed by atoms with E-state index in [1.807, 2.05) is 30.3 Å². The Kier molecular flexibility index (Phi) is 6.93. The predicted octanol–water partition coefficient (Wildman–Crippen LogP) is 5.11. The zero-order valence-electron chi connectivity index (χ0n) is 16.5. The number of nitrogens with zero attached hydrogens (tertiary/aromatic N) is 1. The number of alkyl carbamates (subject to hydrolysis) is 1. The summed E-state index contributed by atoms with van der Waals surface area (Å²) in [6.45, 7) is 9.23. The van der Waals surface area contributed by atoms with Gasteiger partial charge in [0.05, 0.1) is 12.8 Å². The van der Waals surface area contributed by atoms with Gasteiger partial charge in [0.15, 0.2) is 0 Å². The summed E-state index contributed by atoms with van der Waals surface area (Å²) >= 11 is 0. The van der Waals surface area contributed by atoms with Gasteiger partial charge in [0, 0.05) is 5.56 Å². The maximum absolute atomic E-state index is 13.5. The van der Waals surface area contributed by atoms with Crippen LogP contribution >= 0.6 is 0 Å². The van der Waals surface area contributed by atoms with Gasteiger partial charge in [-0.15, -0.1) is 0 Å². The minimum Gasteiger partial charge on any atom is -0.482 e. The van der Waals surface area contributed by atoms with Crippen molar-refractivity contribution in [2.75, 3.05) is 7.11 Å². The average molecular weight is 384 g/mol. The zero-order valence-corrected chi connectivity index (χ0v) is 16.5. The van der Waals surface area contributed by atoms with Gasteiger partial charge in [-0.2, -0.15) is 0 Å². The van der Waals surface area contributed by atoms with Crippen molar-refractivity contribution in [3.63, 3.8) is 0 Å². The fraction of sp³-hybridized carbons (Fsp3) is 0.273.